The number of benzene rings is 1. The SMILES string of the molecule is Cc1nc(-c2c[nH]c3c(C#N)cccc23)cnc1SC1CCNC1. The van der Waals surface area contributed by atoms with E-state index < -0.39 is 0 Å². The van der Waals surface area contributed by atoms with Crippen LogP contribution in [0.5, 0.6) is 0 Å². The Hall–Kier alpha value is -2.36. The Bertz CT molecular complexity index is 934. The zero-order chi connectivity index (χ0) is 16.5. The molecule has 1 aromatic carbocycles. The summed E-state index contributed by atoms with van der Waals surface area (Å²) in [5, 5.41) is 15.2. The zero-order valence-corrected chi connectivity index (χ0v) is 14.2. The smallest absolute Gasteiger partial charge is 0.118 e. The maximum atomic E-state index is 9.23. The van der Waals surface area contributed by atoms with Crippen LogP contribution in [0.2, 0.25) is 0 Å². The van der Waals surface area contributed by atoms with E-state index in [1.807, 2.05) is 37.5 Å². The Labute approximate surface area is 144 Å². The number of para-hydroxylation sites is 1. The molecule has 1 unspecified atom stereocenters. The van der Waals surface area contributed by atoms with E-state index in [2.05, 4.69) is 21.4 Å². The Kier molecular flexibility index (Phi) is 3.97. The van der Waals surface area contributed by atoms with Gasteiger partial charge in [0.2, 0.25) is 0 Å². The molecule has 0 bridgehead atoms. The third kappa shape index (κ3) is 2.66. The Morgan fingerprint density at radius 2 is 2.29 bits per heavy atom. The van der Waals surface area contributed by atoms with Crippen molar-refractivity contribution in [3.05, 3.63) is 41.9 Å². The van der Waals surface area contributed by atoms with Crippen LogP contribution in [-0.2, 0) is 0 Å². The van der Waals surface area contributed by atoms with E-state index in [9.17, 15) is 5.26 Å². The van der Waals surface area contributed by atoms with Crippen molar-refractivity contribution in [2.24, 2.45) is 0 Å². The van der Waals surface area contributed by atoms with Crippen LogP contribution < -0.4 is 5.32 Å². The van der Waals surface area contributed by atoms with E-state index in [1.54, 1.807) is 11.8 Å². The van der Waals surface area contributed by atoms with E-state index in [1.165, 1.54) is 6.42 Å². The molecule has 2 aromatic heterocycles. The Morgan fingerprint density at radius 1 is 1.38 bits per heavy atom. The molecule has 2 N–H and O–H groups in total. The van der Waals surface area contributed by atoms with E-state index in [0.29, 0.717) is 10.8 Å². The molecular formula is C18H17N5S. The van der Waals surface area contributed by atoms with Gasteiger partial charge in [-0.05, 0) is 26.0 Å². The number of rotatable bonds is 3. The van der Waals surface area contributed by atoms with Crippen LogP contribution in [0.4, 0.5) is 0 Å². The Balaban J connectivity index is 1.70. The first kappa shape index (κ1) is 15.2. The van der Waals surface area contributed by atoms with E-state index in [0.717, 1.165) is 46.0 Å². The van der Waals surface area contributed by atoms with Crippen molar-refractivity contribution in [2.75, 3.05) is 13.1 Å². The number of aryl methyl sites for hydroxylation is 1. The van der Waals surface area contributed by atoms with Gasteiger partial charge in [-0.25, -0.2) is 9.97 Å². The van der Waals surface area contributed by atoms with Crippen molar-refractivity contribution in [1.82, 2.24) is 20.3 Å². The van der Waals surface area contributed by atoms with E-state index in [4.69, 9.17) is 4.98 Å². The fourth-order valence-corrected chi connectivity index (χ4v) is 4.14. The number of nitrogens with zero attached hydrogens (tertiary/aromatic N) is 3. The molecule has 1 fully saturated rings. The predicted molar refractivity (Wildman–Crippen MR) is 95.9 cm³/mol. The van der Waals surface area contributed by atoms with Gasteiger partial charge in [0.15, 0.2) is 0 Å². The van der Waals surface area contributed by atoms with Crippen LogP contribution >= 0.6 is 11.8 Å². The molecule has 3 aromatic rings. The first-order valence-electron chi connectivity index (χ1n) is 7.98. The predicted octanol–water partition coefficient (Wildman–Crippen LogP) is 3.26. The number of aromatic amines is 1. The number of hydrogen-bond acceptors (Lipinski definition) is 5. The summed E-state index contributed by atoms with van der Waals surface area (Å²) in [6.45, 7) is 4.13. The van der Waals surface area contributed by atoms with Gasteiger partial charge in [-0.1, -0.05) is 23.9 Å². The number of nitrogens with one attached hydrogen (secondary N) is 2. The molecule has 0 spiro atoms. The van der Waals surface area contributed by atoms with Gasteiger partial charge < -0.3 is 10.3 Å². The number of thioether (sulfide) groups is 1. The molecule has 3 heterocycles. The standard InChI is InChI=1S/C18H17N5S/c1-11-18(24-13-5-6-20-8-13)22-10-16(23-11)15-9-21-17-12(7-19)3-2-4-14(15)17/h2-4,9-10,13,20-21H,5-6,8H2,1H3. The van der Waals surface area contributed by atoms with Crippen molar-refractivity contribution in [3.8, 4) is 17.3 Å². The van der Waals surface area contributed by atoms with Crippen molar-refractivity contribution in [1.29, 1.82) is 5.26 Å². The molecule has 1 aliphatic rings. The average molecular weight is 335 g/mol. The fourth-order valence-electron chi connectivity index (χ4n) is 3.06. The summed E-state index contributed by atoms with van der Waals surface area (Å²) >= 11 is 1.81. The molecule has 4 rings (SSSR count). The van der Waals surface area contributed by atoms with Crippen molar-refractivity contribution < 1.29 is 0 Å². The maximum Gasteiger partial charge on any atom is 0.118 e. The maximum absolute atomic E-state index is 9.23. The molecule has 1 saturated heterocycles. The van der Waals surface area contributed by atoms with Gasteiger partial charge in [-0.2, -0.15) is 5.26 Å². The largest absolute Gasteiger partial charge is 0.359 e. The fraction of sp³-hybridized carbons (Fsp3) is 0.278. The minimum atomic E-state index is 0.579. The second-order valence-electron chi connectivity index (χ2n) is 5.92. The number of H-pyrrole nitrogens is 1. The monoisotopic (exact) mass is 335 g/mol. The molecule has 24 heavy (non-hydrogen) atoms. The zero-order valence-electron chi connectivity index (χ0n) is 13.3. The first-order chi connectivity index (χ1) is 11.8. The second-order valence-corrected chi connectivity index (χ2v) is 7.21. The minimum Gasteiger partial charge on any atom is -0.359 e. The van der Waals surface area contributed by atoms with Gasteiger partial charge in [0.1, 0.15) is 11.1 Å². The van der Waals surface area contributed by atoms with Crippen molar-refractivity contribution >= 4 is 22.7 Å². The molecular weight excluding hydrogens is 318 g/mol. The van der Waals surface area contributed by atoms with Gasteiger partial charge in [-0.15, -0.1) is 0 Å². The van der Waals surface area contributed by atoms with Crippen LogP contribution in [0, 0.1) is 18.3 Å². The van der Waals surface area contributed by atoms with Crippen LogP contribution in [0.15, 0.2) is 35.6 Å². The van der Waals surface area contributed by atoms with E-state index >= 15 is 0 Å². The lowest BCUT2D eigenvalue weighted by Gasteiger charge is -2.10. The van der Waals surface area contributed by atoms with Crippen LogP contribution in [0.1, 0.15) is 17.7 Å². The summed E-state index contributed by atoms with van der Waals surface area (Å²) in [5.41, 5.74) is 4.27. The lowest BCUT2D eigenvalue weighted by molar-refractivity contribution is 0.858. The average Bonchev–Trinajstić information content (AvgIpc) is 3.26. The summed E-state index contributed by atoms with van der Waals surface area (Å²) in [7, 11) is 0. The highest BCUT2D eigenvalue weighted by molar-refractivity contribution is 7.99. The summed E-state index contributed by atoms with van der Waals surface area (Å²) < 4.78 is 0. The Morgan fingerprint density at radius 3 is 3.04 bits per heavy atom. The van der Waals surface area contributed by atoms with Crippen LogP contribution in [0.3, 0.4) is 0 Å². The molecule has 1 aliphatic heterocycles. The number of fused-ring (bicyclic) bond motifs is 1. The third-order valence-corrected chi connectivity index (χ3v) is 5.67. The second kappa shape index (κ2) is 6.27. The summed E-state index contributed by atoms with van der Waals surface area (Å²) in [5.74, 6) is 0. The highest BCUT2D eigenvalue weighted by Crippen LogP contribution is 2.31. The summed E-state index contributed by atoms with van der Waals surface area (Å²) in [4.78, 5) is 12.6. The molecule has 0 aliphatic carbocycles. The summed E-state index contributed by atoms with van der Waals surface area (Å²) in [6.07, 6.45) is 4.91. The quantitative estimate of drug-likeness (QED) is 0.768. The molecule has 1 atom stereocenters. The molecule has 0 radical (unpaired) electrons. The van der Waals surface area contributed by atoms with Gasteiger partial charge in [0.05, 0.1) is 28.7 Å². The van der Waals surface area contributed by atoms with Gasteiger partial charge in [0, 0.05) is 28.9 Å². The third-order valence-electron chi connectivity index (χ3n) is 4.31. The topological polar surface area (TPSA) is 77.4 Å². The first-order valence-corrected chi connectivity index (χ1v) is 8.86. The number of hydrogen-bond donors (Lipinski definition) is 2. The minimum absolute atomic E-state index is 0.579. The number of aromatic nitrogens is 3. The summed E-state index contributed by atoms with van der Waals surface area (Å²) in [6, 6.07) is 7.94. The highest BCUT2D eigenvalue weighted by Gasteiger charge is 2.18. The van der Waals surface area contributed by atoms with Crippen LogP contribution in [0.25, 0.3) is 22.2 Å². The molecule has 0 saturated carbocycles. The van der Waals surface area contributed by atoms with Gasteiger partial charge >= 0.3 is 0 Å². The lowest BCUT2D eigenvalue weighted by Crippen LogP contribution is -2.10. The van der Waals surface area contributed by atoms with Crippen LogP contribution in [-0.4, -0.2) is 33.3 Å². The van der Waals surface area contributed by atoms with Crippen molar-refractivity contribution in [2.45, 2.75) is 23.6 Å². The molecule has 6 heteroatoms. The highest BCUT2D eigenvalue weighted by atomic mass is 32.2. The molecule has 0 amide bonds. The lowest BCUT2D eigenvalue weighted by atomic mass is 10.1. The molecule has 5 nitrogen and oxygen atoms in total. The molecule has 120 valence electrons. The normalized spacial score (nSPS) is 17.2. The number of nitriles is 1. The van der Waals surface area contributed by atoms with Gasteiger partial charge in [-0.3, -0.25) is 0 Å². The van der Waals surface area contributed by atoms with Crippen molar-refractivity contribution in [3.63, 3.8) is 0 Å². The van der Waals surface area contributed by atoms with Gasteiger partial charge in [0.25, 0.3) is 0 Å². The van der Waals surface area contributed by atoms with E-state index in [-0.39, 0.29) is 0 Å².